The molecule has 0 saturated heterocycles. The number of rotatable bonds is 2. The van der Waals surface area contributed by atoms with E-state index < -0.39 is 0 Å². The maximum absolute atomic E-state index is 4.51. The number of hydrogen-bond donors (Lipinski definition) is 2. The Labute approximate surface area is 104 Å². The zero-order valence-corrected chi connectivity index (χ0v) is 10.2. The lowest BCUT2D eigenvalue weighted by Crippen LogP contribution is -1.91. The molecule has 0 spiro atoms. The fraction of sp³-hybridized carbons (Fsp3) is 0.154. The predicted molar refractivity (Wildman–Crippen MR) is 71.4 cm³/mol. The number of nitrogens with one attached hydrogen (secondary N) is 2. The minimum absolute atomic E-state index is 0.708. The second-order valence-corrected chi connectivity index (χ2v) is 4.04. The van der Waals surface area contributed by atoms with Gasteiger partial charge in [0.15, 0.2) is 5.65 Å². The number of aromatic nitrogens is 4. The monoisotopic (exact) mass is 239 g/mol. The maximum atomic E-state index is 4.51. The highest BCUT2D eigenvalue weighted by molar-refractivity contribution is 5.77. The topological polar surface area (TPSA) is 66.5 Å². The molecule has 0 aromatic carbocycles. The zero-order chi connectivity index (χ0) is 12.5. The van der Waals surface area contributed by atoms with E-state index in [9.17, 15) is 0 Å². The quantitative estimate of drug-likeness (QED) is 0.720. The van der Waals surface area contributed by atoms with Crippen molar-refractivity contribution in [3.8, 4) is 11.4 Å². The van der Waals surface area contributed by atoms with Gasteiger partial charge in [0.2, 0.25) is 0 Å². The summed E-state index contributed by atoms with van der Waals surface area (Å²) < 4.78 is 0. The highest BCUT2D eigenvalue weighted by Crippen LogP contribution is 2.22. The van der Waals surface area contributed by atoms with Crippen LogP contribution in [-0.2, 0) is 0 Å². The fourth-order valence-electron chi connectivity index (χ4n) is 1.89. The Morgan fingerprint density at radius 2 is 2.06 bits per heavy atom. The average molecular weight is 239 g/mol. The van der Waals surface area contributed by atoms with Crippen molar-refractivity contribution < 1.29 is 0 Å². The van der Waals surface area contributed by atoms with E-state index in [4.69, 9.17) is 0 Å². The molecule has 0 unspecified atom stereocenters. The van der Waals surface area contributed by atoms with Gasteiger partial charge in [-0.1, -0.05) is 0 Å². The molecule has 3 heterocycles. The van der Waals surface area contributed by atoms with E-state index in [0.29, 0.717) is 5.65 Å². The summed E-state index contributed by atoms with van der Waals surface area (Å²) in [6, 6.07) is 7.79. The lowest BCUT2D eigenvalue weighted by molar-refractivity contribution is 1.18. The number of imidazole rings is 1. The first-order valence-corrected chi connectivity index (χ1v) is 5.74. The summed E-state index contributed by atoms with van der Waals surface area (Å²) in [4.78, 5) is 16.4. The Morgan fingerprint density at radius 1 is 1.17 bits per heavy atom. The van der Waals surface area contributed by atoms with Gasteiger partial charge >= 0.3 is 0 Å². The second-order valence-electron chi connectivity index (χ2n) is 4.04. The van der Waals surface area contributed by atoms with E-state index >= 15 is 0 Å². The molecule has 3 aromatic heterocycles. The maximum Gasteiger partial charge on any atom is 0.180 e. The van der Waals surface area contributed by atoms with Gasteiger partial charge in [-0.3, -0.25) is 4.98 Å². The SMILES string of the molecule is CNc1ccc2[nH]c(-c3cccnc3C)nc2n1. The van der Waals surface area contributed by atoms with Crippen LogP contribution < -0.4 is 5.32 Å². The molecule has 5 nitrogen and oxygen atoms in total. The van der Waals surface area contributed by atoms with Crippen molar-refractivity contribution in [1.29, 1.82) is 0 Å². The highest BCUT2D eigenvalue weighted by Gasteiger charge is 2.09. The zero-order valence-electron chi connectivity index (χ0n) is 10.2. The molecule has 5 heteroatoms. The summed E-state index contributed by atoms with van der Waals surface area (Å²) in [5.41, 5.74) is 3.58. The molecule has 0 aliphatic carbocycles. The van der Waals surface area contributed by atoms with Crippen molar-refractivity contribution in [2.45, 2.75) is 6.92 Å². The largest absolute Gasteiger partial charge is 0.373 e. The highest BCUT2D eigenvalue weighted by atomic mass is 15.0. The van der Waals surface area contributed by atoms with Crippen molar-refractivity contribution in [3.05, 3.63) is 36.2 Å². The lowest BCUT2D eigenvalue weighted by atomic mass is 10.2. The van der Waals surface area contributed by atoms with Gasteiger partial charge in [0.1, 0.15) is 11.6 Å². The van der Waals surface area contributed by atoms with Crippen LogP contribution in [-0.4, -0.2) is 27.0 Å². The van der Waals surface area contributed by atoms with Crippen molar-refractivity contribution in [2.75, 3.05) is 12.4 Å². The Bertz CT molecular complexity index is 701. The number of anilines is 1. The van der Waals surface area contributed by atoms with Crippen molar-refractivity contribution in [2.24, 2.45) is 0 Å². The molecule has 0 aliphatic heterocycles. The van der Waals surface area contributed by atoms with E-state index in [2.05, 4.69) is 25.3 Å². The summed E-state index contributed by atoms with van der Waals surface area (Å²) >= 11 is 0. The van der Waals surface area contributed by atoms with Gasteiger partial charge in [0.25, 0.3) is 0 Å². The number of nitrogens with zero attached hydrogens (tertiary/aromatic N) is 3. The number of fused-ring (bicyclic) bond motifs is 1. The fourth-order valence-corrected chi connectivity index (χ4v) is 1.89. The molecule has 0 saturated carbocycles. The van der Waals surface area contributed by atoms with E-state index in [0.717, 1.165) is 28.4 Å². The summed E-state index contributed by atoms with van der Waals surface area (Å²) in [5, 5.41) is 3.00. The molecule has 0 atom stereocenters. The van der Waals surface area contributed by atoms with Gasteiger partial charge in [-0.05, 0) is 31.2 Å². The normalized spacial score (nSPS) is 10.8. The van der Waals surface area contributed by atoms with Crippen LogP contribution in [0.25, 0.3) is 22.6 Å². The van der Waals surface area contributed by atoms with Crippen molar-refractivity contribution >= 4 is 17.0 Å². The molecule has 0 bridgehead atoms. The Morgan fingerprint density at radius 3 is 2.83 bits per heavy atom. The Balaban J connectivity index is 2.17. The van der Waals surface area contributed by atoms with E-state index in [1.54, 1.807) is 6.20 Å². The molecule has 3 aromatic rings. The molecule has 0 fully saturated rings. The standard InChI is InChI=1S/C13H13N5/c1-8-9(4-3-7-15-8)12-16-10-5-6-11(14-2)17-13(10)18-12/h3-7H,1-2H3,(H2,14,16,17,18). The van der Waals surface area contributed by atoms with Gasteiger partial charge in [0.05, 0.1) is 5.52 Å². The molecule has 90 valence electrons. The molecular formula is C13H13N5. The summed E-state index contributed by atoms with van der Waals surface area (Å²) in [7, 11) is 1.84. The molecule has 18 heavy (non-hydrogen) atoms. The van der Waals surface area contributed by atoms with Crippen molar-refractivity contribution in [3.63, 3.8) is 0 Å². The number of aromatic amines is 1. The van der Waals surface area contributed by atoms with Crippen LogP contribution in [0.5, 0.6) is 0 Å². The van der Waals surface area contributed by atoms with E-state index in [-0.39, 0.29) is 0 Å². The number of pyridine rings is 2. The average Bonchev–Trinajstić information content (AvgIpc) is 2.81. The molecule has 2 N–H and O–H groups in total. The third-order valence-corrected chi connectivity index (χ3v) is 2.86. The molecule has 0 radical (unpaired) electrons. The number of aryl methyl sites for hydroxylation is 1. The van der Waals surface area contributed by atoms with Gasteiger partial charge in [-0.2, -0.15) is 0 Å². The Kier molecular flexibility index (Phi) is 2.44. The van der Waals surface area contributed by atoms with Crippen LogP contribution in [0.1, 0.15) is 5.69 Å². The van der Waals surface area contributed by atoms with Crippen LogP contribution in [0.2, 0.25) is 0 Å². The lowest BCUT2D eigenvalue weighted by Gasteiger charge is -1.98. The molecule has 0 amide bonds. The molecule has 0 aliphatic rings. The second kappa shape index (κ2) is 4.10. The third-order valence-electron chi connectivity index (χ3n) is 2.86. The first kappa shape index (κ1) is 10.7. The van der Waals surface area contributed by atoms with Crippen LogP contribution in [0.15, 0.2) is 30.5 Å². The number of H-pyrrole nitrogens is 1. The Hall–Kier alpha value is -2.43. The molecular weight excluding hydrogens is 226 g/mol. The summed E-state index contributed by atoms with van der Waals surface area (Å²) in [6.45, 7) is 1.97. The summed E-state index contributed by atoms with van der Waals surface area (Å²) in [6.07, 6.45) is 1.78. The number of hydrogen-bond acceptors (Lipinski definition) is 4. The minimum atomic E-state index is 0.708. The first-order valence-electron chi connectivity index (χ1n) is 5.74. The van der Waals surface area contributed by atoms with Crippen LogP contribution in [0.4, 0.5) is 5.82 Å². The van der Waals surface area contributed by atoms with Crippen molar-refractivity contribution in [1.82, 2.24) is 19.9 Å². The smallest absolute Gasteiger partial charge is 0.180 e. The van der Waals surface area contributed by atoms with Crippen LogP contribution in [0.3, 0.4) is 0 Å². The van der Waals surface area contributed by atoms with Gasteiger partial charge < -0.3 is 10.3 Å². The molecule has 3 rings (SSSR count). The van der Waals surface area contributed by atoms with Gasteiger partial charge in [0, 0.05) is 24.5 Å². The van der Waals surface area contributed by atoms with Crippen LogP contribution in [0, 0.1) is 6.92 Å². The van der Waals surface area contributed by atoms with E-state index in [1.807, 2.05) is 38.2 Å². The summed E-state index contributed by atoms with van der Waals surface area (Å²) in [5.74, 6) is 1.61. The van der Waals surface area contributed by atoms with Crippen LogP contribution >= 0.6 is 0 Å². The minimum Gasteiger partial charge on any atom is -0.373 e. The van der Waals surface area contributed by atoms with Gasteiger partial charge in [-0.25, -0.2) is 9.97 Å². The predicted octanol–water partition coefficient (Wildman–Crippen LogP) is 2.37. The third kappa shape index (κ3) is 1.69. The van der Waals surface area contributed by atoms with E-state index in [1.165, 1.54) is 0 Å². The first-order chi connectivity index (χ1) is 8.78. The van der Waals surface area contributed by atoms with Gasteiger partial charge in [-0.15, -0.1) is 0 Å².